The molecule has 0 aliphatic rings. The molecule has 0 radical (unpaired) electrons. The molecule has 2 rings (SSSR count). The number of para-hydroxylation sites is 1. The average Bonchev–Trinajstić information content (AvgIpc) is 2.44. The molecule has 0 fully saturated rings. The van der Waals surface area contributed by atoms with Crippen LogP contribution in [0.1, 0.15) is 11.1 Å². The topological polar surface area (TPSA) is 31.4 Å². The van der Waals surface area contributed by atoms with Gasteiger partial charge in [-0.2, -0.15) is 0 Å². The molecule has 0 saturated heterocycles. The van der Waals surface area contributed by atoms with E-state index in [4.69, 9.17) is 21.1 Å². The van der Waals surface area contributed by atoms with Crippen LogP contribution in [0.3, 0.4) is 0 Å². The summed E-state index contributed by atoms with van der Waals surface area (Å²) in [5.41, 5.74) is 1.47. The first-order chi connectivity index (χ1) is 9.24. The molecule has 1 aromatic heterocycles. The third-order valence-corrected chi connectivity index (χ3v) is 2.86. The molecule has 0 atom stereocenters. The molecule has 0 amide bonds. The summed E-state index contributed by atoms with van der Waals surface area (Å²) < 4.78 is 23.9. The van der Waals surface area contributed by atoms with Crippen LogP contribution in [0, 0.1) is 5.82 Å². The number of pyridine rings is 1. The number of hydrogen-bond acceptors (Lipinski definition) is 3. The zero-order valence-electron chi connectivity index (χ0n) is 10.4. The maximum Gasteiger partial charge on any atom is 0.166 e. The summed E-state index contributed by atoms with van der Waals surface area (Å²) in [6.07, 6.45) is 2.70. The first-order valence-corrected chi connectivity index (χ1v) is 6.22. The first-order valence-electron chi connectivity index (χ1n) is 5.68. The fourth-order valence-electron chi connectivity index (χ4n) is 1.68. The van der Waals surface area contributed by atoms with Gasteiger partial charge in [-0.15, -0.1) is 11.6 Å². The SMILES string of the molecule is COc1cccc(CCl)c1OCc1cncc(F)c1. The third kappa shape index (κ3) is 3.35. The zero-order valence-corrected chi connectivity index (χ0v) is 11.2. The highest BCUT2D eigenvalue weighted by Crippen LogP contribution is 2.32. The minimum Gasteiger partial charge on any atom is -0.493 e. The summed E-state index contributed by atoms with van der Waals surface area (Å²) in [5, 5.41) is 0. The number of aromatic nitrogens is 1. The number of ether oxygens (including phenoxy) is 2. The molecule has 0 aliphatic carbocycles. The minimum absolute atomic E-state index is 0.203. The number of nitrogens with zero attached hydrogens (tertiary/aromatic N) is 1. The lowest BCUT2D eigenvalue weighted by atomic mass is 10.2. The predicted molar refractivity (Wildman–Crippen MR) is 71.1 cm³/mol. The maximum absolute atomic E-state index is 13.0. The van der Waals surface area contributed by atoms with E-state index in [2.05, 4.69) is 4.98 Å². The highest BCUT2D eigenvalue weighted by atomic mass is 35.5. The van der Waals surface area contributed by atoms with E-state index in [0.29, 0.717) is 22.9 Å². The first kappa shape index (κ1) is 13.6. The lowest BCUT2D eigenvalue weighted by Crippen LogP contribution is -2.01. The van der Waals surface area contributed by atoms with Crippen LogP contribution in [-0.4, -0.2) is 12.1 Å². The van der Waals surface area contributed by atoms with Crippen molar-refractivity contribution in [3.8, 4) is 11.5 Å². The van der Waals surface area contributed by atoms with Crippen molar-refractivity contribution in [2.75, 3.05) is 7.11 Å². The van der Waals surface area contributed by atoms with Gasteiger partial charge in [-0.05, 0) is 12.1 Å². The summed E-state index contributed by atoms with van der Waals surface area (Å²) in [4.78, 5) is 3.77. The van der Waals surface area contributed by atoms with Gasteiger partial charge in [0.2, 0.25) is 0 Å². The van der Waals surface area contributed by atoms with Crippen molar-refractivity contribution in [2.24, 2.45) is 0 Å². The molecule has 0 spiro atoms. The number of methoxy groups -OCH3 is 1. The summed E-state index contributed by atoms with van der Waals surface area (Å²) in [6.45, 7) is 0.203. The van der Waals surface area contributed by atoms with E-state index in [1.54, 1.807) is 19.4 Å². The molecule has 3 nitrogen and oxygen atoms in total. The maximum atomic E-state index is 13.0. The molecule has 2 aromatic rings. The van der Waals surface area contributed by atoms with Crippen LogP contribution in [0.15, 0.2) is 36.7 Å². The van der Waals surface area contributed by atoms with Gasteiger partial charge < -0.3 is 9.47 Å². The van der Waals surface area contributed by atoms with E-state index in [9.17, 15) is 4.39 Å². The van der Waals surface area contributed by atoms with E-state index >= 15 is 0 Å². The lowest BCUT2D eigenvalue weighted by Gasteiger charge is -2.13. The number of rotatable bonds is 5. The van der Waals surface area contributed by atoms with E-state index in [1.165, 1.54) is 6.07 Å². The molecule has 5 heteroatoms. The Morgan fingerprint density at radius 3 is 2.84 bits per heavy atom. The van der Waals surface area contributed by atoms with E-state index in [1.807, 2.05) is 12.1 Å². The molecule has 1 heterocycles. The highest BCUT2D eigenvalue weighted by molar-refractivity contribution is 6.17. The van der Waals surface area contributed by atoms with Crippen molar-refractivity contribution in [1.29, 1.82) is 0 Å². The smallest absolute Gasteiger partial charge is 0.166 e. The second kappa shape index (κ2) is 6.38. The fraction of sp³-hybridized carbons (Fsp3) is 0.214. The quantitative estimate of drug-likeness (QED) is 0.786. The summed E-state index contributed by atoms with van der Waals surface area (Å²) >= 11 is 5.86. The Labute approximate surface area is 115 Å². The Morgan fingerprint density at radius 2 is 2.16 bits per heavy atom. The molecular formula is C14H13ClFNO2. The van der Waals surface area contributed by atoms with Gasteiger partial charge in [0.15, 0.2) is 11.5 Å². The summed E-state index contributed by atoms with van der Waals surface area (Å²) in [5.74, 6) is 1.10. The molecule has 0 unspecified atom stereocenters. The zero-order chi connectivity index (χ0) is 13.7. The molecule has 0 aliphatic heterocycles. The van der Waals surface area contributed by atoms with Crippen LogP contribution in [0.2, 0.25) is 0 Å². The van der Waals surface area contributed by atoms with Crippen LogP contribution in [0.25, 0.3) is 0 Å². The van der Waals surface area contributed by atoms with Crippen molar-refractivity contribution in [1.82, 2.24) is 4.98 Å². The molecule has 1 aromatic carbocycles. The van der Waals surface area contributed by atoms with Crippen LogP contribution in [0.4, 0.5) is 4.39 Å². The molecular weight excluding hydrogens is 269 g/mol. The van der Waals surface area contributed by atoms with E-state index in [-0.39, 0.29) is 6.61 Å². The van der Waals surface area contributed by atoms with Crippen molar-refractivity contribution >= 4 is 11.6 Å². The van der Waals surface area contributed by atoms with E-state index < -0.39 is 5.82 Å². The fourth-order valence-corrected chi connectivity index (χ4v) is 1.89. The van der Waals surface area contributed by atoms with Gasteiger partial charge in [0.05, 0.1) is 19.2 Å². The number of hydrogen-bond donors (Lipinski definition) is 0. The van der Waals surface area contributed by atoms with Gasteiger partial charge in [-0.3, -0.25) is 4.98 Å². The molecule has 0 bridgehead atoms. The predicted octanol–water partition coefficient (Wildman–Crippen LogP) is 3.55. The largest absolute Gasteiger partial charge is 0.493 e. The van der Waals surface area contributed by atoms with Crippen LogP contribution in [0.5, 0.6) is 11.5 Å². The second-order valence-electron chi connectivity index (χ2n) is 3.88. The van der Waals surface area contributed by atoms with Gasteiger partial charge in [0.1, 0.15) is 12.4 Å². The molecule has 100 valence electrons. The van der Waals surface area contributed by atoms with Gasteiger partial charge >= 0.3 is 0 Å². The van der Waals surface area contributed by atoms with Gasteiger partial charge in [-0.25, -0.2) is 4.39 Å². The van der Waals surface area contributed by atoms with E-state index in [0.717, 1.165) is 11.8 Å². The molecule has 0 saturated carbocycles. The van der Waals surface area contributed by atoms with Crippen molar-refractivity contribution < 1.29 is 13.9 Å². The Hall–Kier alpha value is -1.81. The normalized spacial score (nSPS) is 10.3. The van der Waals surface area contributed by atoms with Crippen LogP contribution < -0.4 is 9.47 Å². The number of halogens is 2. The standard InChI is InChI=1S/C14H13ClFNO2/c1-18-13-4-2-3-11(6-15)14(13)19-9-10-5-12(16)8-17-7-10/h2-5,7-8H,6,9H2,1H3. The second-order valence-corrected chi connectivity index (χ2v) is 4.15. The monoisotopic (exact) mass is 281 g/mol. The van der Waals surface area contributed by atoms with Crippen LogP contribution in [-0.2, 0) is 12.5 Å². The summed E-state index contributed by atoms with van der Waals surface area (Å²) in [6, 6.07) is 6.86. The lowest BCUT2D eigenvalue weighted by molar-refractivity contribution is 0.281. The van der Waals surface area contributed by atoms with Crippen molar-refractivity contribution in [2.45, 2.75) is 12.5 Å². The minimum atomic E-state index is -0.390. The van der Waals surface area contributed by atoms with Gasteiger partial charge in [0.25, 0.3) is 0 Å². The van der Waals surface area contributed by atoms with Crippen molar-refractivity contribution in [3.05, 3.63) is 53.6 Å². The Morgan fingerprint density at radius 1 is 1.32 bits per heavy atom. The van der Waals surface area contributed by atoms with Crippen molar-refractivity contribution in [3.63, 3.8) is 0 Å². The molecule has 19 heavy (non-hydrogen) atoms. The third-order valence-electron chi connectivity index (χ3n) is 2.57. The Balaban J connectivity index is 2.19. The Bertz CT molecular complexity index is 541. The van der Waals surface area contributed by atoms with Gasteiger partial charge in [0, 0.05) is 17.3 Å². The summed E-state index contributed by atoms with van der Waals surface area (Å²) in [7, 11) is 1.56. The van der Waals surface area contributed by atoms with Crippen LogP contribution >= 0.6 is 11.6 Å². The Kier molecular flexibility index (Phi) is 4.58. The number of alkyl halides is 1. The highest BCUT2D eigenvalue weighted by Gasteiger charge is 2.10. The van der Waals surface area contributed by atoms with Gasteiger partial charge in [-0.1, -0.05) is 12.1 Å². The number of benzene rings is 1. The average molecular weight is 282 g/mol. The molecule has 0 N–H and O–H groups in total.